The van der Waals surface area contributed by atoms with Gasteiger partial charge < -0.3 is 19.3 Å². The Morgan fingerprint density at radius 1 is 0.654 bits per heavy atom. The molecule has 0 atom stereocenters. The quantitative estimate of drug-likeness (QED) is 0.452. The van der Waals surface area contributed by atoms with Gasteiger partial charge in [-0.15, -0.1) is 0 Å². The number of hydrogen-bond acceptors (Lipinski definition) is 6. The molecule has 0 N–H and O–H groups in total. The number of hydrogen-bond donors (Lipinski definition) is 0. The Morgan fingerprint density at radius 3 is 1.23 bits per heavy atom. The van der Waals surface area contributed by atoms with Crippen molar-refractivity contribution in [3.8, 4) is 11.5 Å². The minimum atomic E-state index is -0.650. The molecule has 0 aromatic heterocycles. The number of carbonyl (C=O) groups is 2. The monoisotopic (exact) mass is 354 g/mol. The molecule has 6 heteroatoms. The van der Waals surface area contributed by atoms with E-state index in [1.807, 2.05) is 62.3 Å². The maximum absolute atomic E-state index is 11.8. The molecule has 0 bridgehead atoms. The van der Waals surface area contributed by atoms with Crippen molar-refractivity contribution in [3.63, 3.8) is 0 Å². The van der Waals surface area contributed by atoms with Crippen LogP contribution >= 0.6 is 0 Å². The lowest BCUT2D eigenvalue weighted by Gasteiger charge is -2.12. The highest BCUT2D eigenvalue weighted by Gasteiger charge is 2.05. The van der Waals surface area contributed by atoms with Crippen molar-refractivity contribution in [3.05, 3.63) is 60.7 Å². The van der Waals surface area contributed by atoms with Crippen LogP contribution in [0.4, 0.5) is 11.4 Å². The van der Waals surface area contributed by atoms with E-state index in [2.05, 4.69) is 0 Å². The molecule has 0 spiro atoms. The number of rotatable bonds is 6. The average Bonchev–Trinajstić information content (AvgIpc) is 2.61. The summed E-state index contributed by atoms with van der Waals surface area (Å²) in [5.74, 6) is -0.499. The Bertz CT molecular complexity index is 711. The predicted octanol–water partition coefficient (Wildman–Crippen LogP) is 2.89. The van der Waals surface area contributed by atoms with Gasteiger partial charge >= 0.3 is 11.9 Å². The third-order valence-corrected chi connectivity index (χ3v) is 3.50. The Kier molecular flexibility index (Phi) is 6.38. The maximum Gasteiger partial charge on any atom is 0.336 e. The fourth-order valence-corrected chi connectivity index (χ4v) is 2.06. The van der Waals surface area contributed by atoms with Gasteiger partial charge in [0.25, 0.3) is 0 Å². The number of benzene rings is 2. The molecule has 0 saturated carbocycles. The first-order valence-electron chi connectivity index (χ1n) is 8.01. The Balaban J connectivity index is 1.87. The van der Waals surface area contributed by atoms with E-state index in [1.165, 1.54) is 0 Å². The largest absolute Gasteiger partial charge is 0.423 e. The van der Waals surface area contributed by atoms with Crippen molar-refractivity contribution in [2.75, 3.05) is 38.0 Å². The molecule has 0 unspecified atom stereocenters. The van der Waals surface area contributed by atoms with Gasteiger partial charge in [0.1, 0.15) is 11.5 Å². The SMILES string of the molecule is CN(C)c1ccc(OC(=O)/C=C/C(=O)Oc2ccc(N(C)C)cc2)cc1. The van der Waals surface area contributed by atoms with Gasteiger partial charge in [0, 0.05) is 51.7 Å². The highest BCUT2D eigenvalue weighted by Crippen LogP contribution is 2.18. The second-order valence-corrected chi connectivity index (χ2v) is 5.95. The van der Waals surface area contributed by atoms with E-state index in [-0.39, 0.29) is 0 Å². The Hall–Kier alpha value is -3.28. The van der Waals surface area contributed by atoms with Gasteiger partial charge in [-0.25, -0.2) is 9.59 Å². The molecule has 0 fully saturated rings. The first kappa shape index (κ1) is 19.1. The molecule has 26 heavy (non-hydrogen) atoms. The van der Waals surface area contributed by atoms with Crippen LogP contribution in [0.5, 0.6) is 11.5 Å². The van der Waals surface area contributed by atoms with Crippen LogP contribution in [0.2, 0.25) is 0 Å². The lowest BCUT2D eigenvalue weighted by atomic mass is 10.3. The normalized spacial score (nSPS) is 10.5. The first-order valence-corrected chi connectivity index (χ1v) is 8.01. The second kappa shape index (κ2) is 8.71. The molecule has 0 aliphatic carbocycles. The van der Waals surface area contributed by atoms with Crippen LogP contribution in [0, 0.1) is 0 Å². The van der Waals surface area contributed by atoms with Crippen LogP contribution in [-0.2, 0) is 9.59 Å². The van der Waals surface area contributed by atoms with E-state index >= 15 is 0 Å². The maximum atomic E-state index is 11.8. The summed E-state index contributed by atoms with van der Waals surface area (Å²) in [6.07, 6.45) is 2.08. The van der Waals surface area contributed by atoms with E-state index in [1.54, 1.807) is 24.3 Å². The molecule has 0 radical (unpaired) electrons. The minimum Gasteiger partial charge on any atom is -0.423 e. The van der Waals surface area contributed by atoms with E-state index < -0.39 is 11.9 Å². The third kappa shape index (κ3) is 5.66. The van der Waals surface area contributed by atoms with Gasteiger partial charge in [0.05, 0.1) is 0 Å². The number of carbonyl (C=O) groups excluding carboxylic acids is 2. The summed E-state index contributed by atoms with van der Waals surface area (Å²) in [4.78, 5) is 27.4. The molecule has 136 valence electrons. The summed E-state index contributed by atoms with van der Waals surface area (Å²) in [5, 5.41) is 0. The molecule has 0 aliphatic rings. The molecular formula is C20H22N2O4. The Morgan fingerprint density at radius 2 is 0.962 bits per heavy atom. The van der Waals surface area contributed by atoms with Crippen LogP contribution in [0.3, 0.4) is 0 Å². The van der Waals surface area contributed by atoms with Crippen LogP contribution in [0.15, 0.2) is 60.7 Å². The first-order chi connectivity index (χ1) is 12.3. The molecular weight excluding hydrogens is 332 g/mol. The van der Waals surface area contributed by atoms with Gasteiger partial charge in [0.2, 0.25) is 0 Å². The number of esters is 2. The highest BCUT2D eigenvalue weighted by atomic mass is 16.5. The number of ether oxygens (including phenoxy) is 2. The van der Waals surface area contributed by atoms with E-state index in [9.17, 15) is 9.59 Å². The second-order valence-electron chi connectivity index (χ2n) is 5.95. The van der Waals surface area contributed by atoms with E-state index in [0.717, 1.165) is 23.5 Å². The highest BCUT2D eigenvalue weighted by molar-refractivity contribution is 5.93. The van der Waals surface area contributed by atoms with Crippen molar-refractivity contribution in [1.82, 2.24) is 0 Å². The lowest BCUT2D eigenvalue weighted by Crippen LogP contribution is -2.10. The topological polar surface area (TPSA) is 59.1 Å². The van der Waals surface area contributed by atoms with Crippen molar-refractivity contribution in [2.24, 2.45) is 0 Å². The third-order valence-electron chi connectivity index (χ3n) is 3.50. The van der Waals surface area contributed by atoms with Gasteiger partial charge in [-0.05, 0) is 48.5 Å². The summed E-state index contributed by atoms with van der Waals surface area (Å²) >= 11 is 0. The summed E-state index contributed by atoms with van der Waals surface area (Å²) in [5.41, 5.74) is 1.98. The predicted molar refractivity (Wildman–Crippen MR) is 102 cm³/mol. The molecule has 0 amide bonds. The fourth-order valence-electron chi connectivity index (χ4n) is 2.06. The average molecular weight is 354 g/mol. The van der Waals surface area contributed by atoms with Gasteiger partial charge in [-0.1, -0.05) is 0 Å². The summed E-state index contributed by atoms with van der Waals surface area (Å²) < 4.78 is 10.3. The number of nitrogens with zero attached hydrogens (tertiary/aromatic N) is 2. The van der Waals surface area contributed by atoms with Crippen LogP contribution in [-0.4, -0.2) is 40.1 Å². The molecule has 0 heterocycles. The molecule has 2 aromatic carbocycles. The zero-order valence-electron chi connectivity index (χ0n) is 15.3. The van der Waals surface area contributed by atoms with Gasteiger partial charge in [-0.3, -0.25) is 0 Å². The summed E-state index contributed by atoms with van der Waals surface area (Å²) in [7, 11) is 7.68. The molecule has 0 aliphatic heterocycles. The van der Waals surface area contributed by atoms with Crippen molar-refractivity contribution < 1.29 is 19.1 Å². The van der Waals surface area contributed by atoms with Crippen LogP contribution in [0.1, 0.15) is 0 Å². The summed E-state index contributed by atoms with van der Waals surface area (Å²) in [6.45, 7) is 0. The van der Waals surface area contributed by atoms with E-state index in [0.29, 0.717) is 11.5 Å². The summed E-state index contributed by atoms with van der Waals surface area (Å²) in [6, 6.07) is 14.1. The van der Waals surface area contributed by atoms with Gasteiger partial charge in [-0.2, -0.15) is 0 Å². The van der Waals surface area contributed by atoms with E-state index in [4.69, 9.17) is 9.47 Å². The van der Waals surface area contributed by atoms with Crippen molar-refractivity contribution >= 4 is 23.3 Å². The zero-order valence-corrected chi connectivity index (χ0v) is 15.3. The lowest BCUT2D eigenvalue weighted by molar-refractivity contribution is -0.131. The standard InChI is InChI=1S/C20H22N2O4/c1-21(2)15-5-9-17(10-6-15)25-19(23)13-14-20(24)26-18-11-7-16(8-12-18)22(3)4/h5-14H,1-4H3/b14-13+. The smallest absolute Gasteiger partial charge is 0.336 e. The van der Waals surface area contributed by atoms with Crippen molar-refractivity contribution in [2.45, 2.75) is 0 Å². The molecule has 2 rings (SSSR count). The number of anilines is 2. The Labute approximate surface area is 153 Å². The molecule has 6 nitrogen and oxygen atoms in total. The van der Waals surface area contributed by atoms with Crippen LogP contribution < -0.4 is 19.3 Å². The van der Waals surface area contributed by atoms with Crippen molar-refractivity contribution in [1.29, 1.82) is 0 Å². The molecule has 0 saturated heterocycles. The van der Waals surface area contributed by atoms with Crippen LogP contribution in [0.25, 0.3) is 0 Å². The fraction of sp³-hybridized carbons (Fsp3) is 0.200. The molecule has 2 aromatic rings. The van der Waals surface area contributed by atoms with Gasteiger partial charge in [0.15, 0.2) is 0 Å². The minimum absolute atomic E-state index is 0.401. The zero-order chi connectivity index (χ0) is 19.1.